The highest BCUT2D eigenvalue weighted by Gasteiger charge is 2.40. The standard InChI is InChI=1S/C14H26N2O3/c15-9-5-6-10-16-12(17)11-14(13(18)19)7-3-1-2-4-8-14/h1-11,15H2,(H,16,17)(H,18,19). The van der Waals surface area contributed by atoms with Crippen molar-refractivity contribution in [1.82, 2.24) is 5.32 Å². The van der Waals surface area contributed by atoms with Crippen molar-refractivity contribution in [3.8, 4) is 0 Å². The van der Waals surface area contributed by atoms with E-state index < -0.39 is 11.4 Å². The van der Waals surface area contributed by atoms with Crippen molar-refractivity contribution in [3.63, 3.8) is 0 Å². The number of hydrogen-bond acceptors (Lipinski definition) is 3. The number of carboxylic acids is 1. The number of amides is 1. The molecule has 0 aromatic heterocycles. The van der Waals surface area contributed by atoms with E-state index in [0.717, 1.165) is 38.5 Å². The molecule has 0 aromatic carbocycles. The summed E-state index contributed by atoms with van der Waals surface area (Å²) in [5.41, 5.74) is 4.54. The van der Waals surface area contributed by atoms with Crippen molar-refractivity contribution in [2.45, 2.75) is 57.8 Å². The molecule has 1 aliphatic rings. The van der Waals surface area contributed by atoms with Crippen LogP contribution in [-0.2, 0) is 9.59 Å². The molecule has 0 heterocycles. The van der Waals surface area contributed by atoms with E-state index in [4.69, 9.17) is 5.73 Å². The second kappa shape index (κ2) is 8.15. The molecule has 0 aromatic rings. The number of nitrogens with two attached hydrogens (primary N) is 1. The summed E-state index contributed by atoms with van der Waals surface area (Å²) in [5, 5.41) is 12.3. The highest BCUT2D eigenvalue weighted by molar-refractivity contribution is 5.85. The predicted molar refractivity (Wildman–Crippen MR) is 73.7 cm³/mol. The van der Waals surface area contributed by atoms with Crippen molar-refractivity contribution in [2.24, 2.45) is 11.1 Å². The van der Waals surface area contributed by atoms with Gasteiger partial charge in [-0.1, -0.05) is 25.7 Å². The molecule has 19 heavy (non-hydrogen) atoms. The number of aliphatic carboxylic acids is 1. The Morgan fingerprint density at radius 3 is 2.26 bits per heavy atom. The maximum Gasteiger partial charge on any atom is 0.310 e. The Balaban J connectivity index is 2.48. The van der Waals surface area contributed by atoms with E-state index in [9.17, 15) is 14.7 Å². The van der Waals surface area contributed by atoms with Gasteiger partial charge in [0.2, 0.25) is 5.91 Å². The van der Waals surface area contributed by atoms with Crippen molar-refractivity contribution in [2.75, 3.05) is 13.1 Å². The third-order valence-electron chi connectivity index (χ3n) is 3.97. The Bertz CT molecular complexity index is 297. The molecule has 5 heteroatoms. The number of nitrogens with one attached hydrogen (secondary N) is 1. The molecule has 1 fully saturated rings. The van der Waals surface area contributed by atoms with Crippen LogP contribution in [0.1, 0.15) is 57.8 Å². The number of carboxylic acid groups (broad SMARTS) is 1. The van der Waals surface area contributed by atoms with E-state index in [1.807, 2.05) is 0 Å². The van der Waals surface area contributed by atoms with Crippen molar-refractivity contribution >= 4 is 11.9 Å². The SMILES string of the molecule is NCCCCNC(=O)CC1(C(=O)O)CCCCCC1. The number of rotatable bonds is 7. The van der Waals surface area contributed by atoms with Gasteiger partial charge in [-0.2, -0.15) is 0 Å². The number of unbranched alkanes of at least 4 members (excludes halogenated alkanes) is 1. The summed E-state index contributed by atoms with van der Waals surface area (Å²) < 4.78 is 0. The summed E-state index contributed by atoms with van der Waals surface area (Å²) in [7, 11) is 0. The highest BCUT2D eigenvalue weighted by Crippen LogP contribution is 2.38. The predicted octanol–water partition coefficient (Wildman–Crippen LogP) is 1.66. The summed E-state index contributed by atoms with van der Waals surface area (Å²) in [6, 6.07) is 0. The first kappa shape index (κ1) is 16.0. The zero-order valence-electron chi connectivity index (χ0n) is 11.6. The van der Waals surface area contributed by atoms with Gasteiger partial charge in [0.1, 0.15) is 0 Å². The van der Waals surface area contributed by atoms with Gasteiger partial charge >= 0.3 is 5.97 Å². The van der Waals surface area contributed by atoms with Crippen LogP contribution >= 0.6 is 0 Å². The largest absolute Gasteiger partial charge is 0.481 e. The topological polar surface area (TPSA) is 92.4 Å². The van der Waals surface area contributed by atoms with Crippen LogP contribution in [0.15, 0.2) is 0 Å². The maximum absolute atomic E-state index is 11.9. The molecule has 0 radical (unpaired) electrons. The molecule has 1 aliphatic carbocycles. The summed E-state index contributed by atoms with van der Waals surface area (Å²) in [6.07, 6.45) is 7.06. The lowest BCUT2D eigenvalue weighted by atomic mass is 9.77. The Hall–Kier alpha value is -1.10. The fourth-order valence-corrected chi connectivity index (χ4v) is 2.74. The fourth-order valence-electron chi connectivity index (χ4n) is 2.74. The summed E-state index contributed by atoms with van der Waals surface area (Å²) >= 11 is 0. The molecule has 1 rings (SSSR count). The van der Waals surface area contributed by atoms with E-state index in [1.54, 1.807) is 0 Å². The molecule has 0 spiro atoms. The summed E-state index contributed by atoms with van der Waals surface area (Å²) in [6.45, 7) is 1.21. The van der Waals surface area contributed by atoms with Crippen LogP contribution < -0.4 is 11.1 Å². The van der Waals surface area contributed by atoms with Crippen LogP contribution in [0.3, 0.4) is 0 Å². The van der Waals surface area contributed by atoms with Crippen molar-refractivity contribution < 1.29 is 14.7 Å². The van der Waals surface area contributed by atoms with Gasteiger partial charge in [0, 0.05) is 13.0 Å². The minimum atomic E-state index is -0.839. The lowest BCUT2D eigenvalue weighted by molar-refractivity contribution is -0.152. The van der Waals surface area contributed by atoms with Crippen LogP contribution in [0.2, 0.25) is 0 Å². The van der Waals surface area contributed by atoms with Crippen LogP contribution in [0.25, 0.3) is 0 Å². The molecule has 4 N–H and O–H groups in total. The number of carbonyl (C=O) groups is 2. The second-order valence-corrected chi connectivity index (χ2v) is 5.52. The number of hydrogen-bond donors (Lipinski definition) is 3. The smallest absolute Gasteiger partial charge is 0.310 e. The fraction of sp³-hybridized carbons (Fsp3) is 0.857. The van der Waals surface area contributed by atoms with E-state index >= 15 is 0 Å². The van der Waals surface area contributed by atoms with E-state index in [-0.39, 0.29) is 12.3 Å². The normalized spacial score (nSPS) is 18.6. The minimum absolute atomic E-state index is 0.116. The van der Waals surface area contributed by atoms with Gasteiger partial charge in [0.05, 0.1) is 5.41 Å². The zero-order chi connectivity index (χ0) is 14.1. The minimum Gasteiger partial charge on any atom is -0.481 e. The van der Waals surface area contributed by atoms with Gasteiger partial charge in [0.15, 0.2) is 0 Å². The zero-order valence-corrected chi connectivity index (χ0v) is 11.6. The third kappa shape index (κ3) is 5.19. The van der Waals surface area contributed by atoms with Crippen LogP contribution in [-0.4, -0.2) is 30.1 Å². The van der Waals surface area contributed by atoms with Gasteiger partial charge in [-0.25, -0.2) is 0 Å². The first-order valence-corrected chi connectivity index (χ1v) is 7.31. The van der Waals surface area contributed by atoms with E-state index in [1.165, 1.54) is 0 Å². The highest BCUT2D eigenvalue weighted by atomic mass is 16.4. The molecule has 110 valence electrons. The lowest BCUT2D eigenvalue weighted by Gasteiger charge is -2.27. The van der Waals surface area contributed by atoms with Gasteiger partial charge in [-0.3, -0.25) is 9.59 Å². The van der Waals surface area contributed by atoms with Crippen molar-refractivity contribution in [3.05, 3.63) is 0 Å². The average Bonchev–Trinajstić information content (AvgIpc) is 2.61. The average molecular weight is 270 g/mol. The van der Waals surface area contributed by atoms with Gasteiger partial charge < -0.3 is 16.2 Å². The Kier molecular flexibility index (Phi) is 6.84. The lowest BCUT2D eigenvalue weighted by Crippen LogP contribution is -2.37. The third-order valence-corrected chi connectivity index (χ3v) is 3.97. The van der Waals surface area contributed by atoms with Crippen LogP contribution in [0, 0.1) is 5.41 Å². The van der Waals surface area contributed by atoms with E-state index in [2.05, 4.69) is 5.32 Å². The molecule has 1 saturated carbocycles. The molecule has 5 nitrogen and oxygen atoms in total. The molecular weight excluding hydrogens is 244 g/mol. The molecule has 0 bridgehead atoms. The van der Waals surface area contributed by atoms with Gasteiger partial charge in [0.25, 0.3) is 0 Å². The summed E-state index contributed by atoms with van der Waals surface area (Å²) in [4.78, 5) is 23.4. The second-order valence-electron chi connectivity index (χ2n) is 5.52. The quantitative estimate of drug-likeness (QED) is 0.484. The van der Waals surface area contributed by atoms with Gasteiger partial charge in [-0.15, -0.1) is 0 Å². The molecule has 0 unspecified atom stereocenters. The van der Waals surface area contributed by atoms with Gasteiger partial charge in [-0.05, 0) is 32.2 Å². The summed E-state index contributed by atoms with van der Waals surface area (Å²) in [5.74, 6) is -0.951. The monoisotopic (exact) mass is 270 g/mol. The van der Waals surface area contributed by atoms with E-state index in [0.29, 0.717) is 25.9 Å². The first-order valence-electron chi connectivity index (χ1n) is 7.31. The molecule has 1 amide bonds. The molecule has 0 saturated heterocycles. The Morgan fingerprint density at radius 1 is 1.11 bits per heavy atom. The number of carbonyl (C=O) groups excluding carboxylic acids is 1. The van der Waals surface area contributed by atoms with Crippen LogP contribution in [0.4, 0.5) is 0 Å². The van der Waals surface area contributed by atoms with Crippen molar-refractivity contribution in [1.29, 1.82) is 0 Å². The van der Waals surface area contributed by atoms with Crippen LogP contribution in [0.5, 0.6) is 0 Å². The molecule has 0 atom stereocenters. The maximum atomic E-state index is 11.9. The first-order chi connectivity index (χ1) is 9.10. The Labute approximate surface area is 114 Å². The molecule has 0 aliphatic heterocycles. The Morgan fingerprint density at radius 2 is 1.74 bits per heavy atom. The molecular formula is C14H26N2O3.